The summed E-state index contributed by atoms with van der Waals surface area (Å²) in [6.45, 7) is 5.03. The van der Waals surface area contributed by atoms with Crippen LogP contribution in [0.1, 0.15) is 26.7 Å². The van der Waals surface area contributed by atoms with Gasteiger partial charge in [-0.25, -0.2) is 0 Å². The van der Waals surface area contributed by atoms with Crippen LogP contribution in [0.4, 0.5) is 5.69 Å². The van der Waals surface area contributed by atoms with E-state index in [-0.39, 0.29) is 37.7 Å². The number of carboxylic acids is 1. The highest BCUT2D eigenvalue weighted by atomic mass is 16.5. The molecule has 1 atom stereocenters. The van der Waals surface area contributed by atoms with Gasteiger partial charge in [0.25, 0.3) is 0 Å². The van der Waals surface area contributed by atoms with Gasteiger partial charge in [0.05, 0.1) is 24.6 Å². The Morgan fingerprint density at radius 1 is 1.32 bits per heavy atom. The predicted molar refractivity (Wildman–Crippen MR) is 92.6 cm³/mol. The molecule has 0 bridgehead atoms. The molecule has 0 spiro atoms. The van der Waals surface area contributed by atoms with Gasteiger partial charge in [0.15, 0.2) is 0 Å². The number of carboxylic acid groups (broad SMARTS) is 1. The molecule has 0 saturated carbocycles. The molecular formula is C18H24N2O5. The van der Waals surface area contributed by atoms with Gasteiger partial charge in [-0.05, 0) is 26.0 Å². The molecule has 2 amide bonds. The first-order valence-corrected chi connectivity index (χ1v) is 8.50. The molecular weight excluding hydrogens is 324 g/mol. The van der Waals surface area contributed by atoms with E-state index in [1.807, 2.05) is 19.1 Å². The number of aliphatic carboxylic acids is 1. The molecule has 1 aliphatic rings. The number of amides is 2. The Bertz CT molecular complexity index is 646. The summed E-state index contributed by atoms with van der Waals surface area (Å²) in [5, 5.41) is 8.80. The van der Waals surface area contributed by atoms with E-state index in [9.17, 15) is 14.4 Å². The molecule has 1 aromatic carbocycles. The summed E-state index contributed by atoms with van der Waals surface area (Å²) >= 11 is 0. The third-order valence-corrected chi connectivity index (χ3v) is 4.22. The molecule has 1 fully saturated rings. The van der Waals surface area contributed by atoms with Gasteiger partial charge in [0, 0.05) is 26.1 Å². The Kier molecular flexibility index (Phi) is 6.38. The molecule has 1 N–H and O–H groups in total. The van der Waals surface area contributed by atoms with Crippen LogP contribution in [0.15, 0.2) is 24.3 Å². The van der Waals surface area contributed by atoms with Crippen molar-refractivity contribution in [2.75, 3.05) is 31.1 Å². The van der Waals surface area contributed by atoms with E-state index >= 15 is 0 Å². The Labute approximate surface area is 147 Å². The first-order chi connectivity index (χ1) is 12.0. The Hall–Kier alpha value is -2.57. The van der Waals surface area contributed by atoms with Gasteiger partial charge >= 0.3 is 5.97 Å². The molecule has 25 heavy (non-hydrogen) atoms. The molecule has 1 heterocycles. The van der Waals surface area contributed by atoms with E-state index in [1.165, 1.54) is 4.90 Å². The quantitative estimate of drug-likeness (QED) is 0.773. The molecule has 7 nitrogen and oxygen atoms in total. The summed E-state index contributed by atoms with van der Waals surface area (Å²) in [7, 11) is 0. The van der Waals surface area contributed by atoms with Gasteiger partial charge < -0.3 is 19.6 Å². The van der Waals surface area contributed by atoms with Crippen LogP contribution < -0.4 is 9.64 Å². The van der Waals surface area contributed by atoms with Gasteiger partial charge in [0.2, 0.25) is 11.8 Å². The number of rotatable bonds is 8. The van der Waals surface area contributed by atoms with Crippen molar-refractivity contribution in [2.24, 2.45) is 5.92 Å². The number of para-hydroxylation sites is 2. The zero-order valence-electron chi connectivity index (χ0n) is 14.6. The monoisotopic (exact) mass is 348 g/mol. The number of anilines is 1. The fourth-order valence-electron chi connectivity index (χ4n) is 2.98. The van der Waals surface area contributed by atoms with Crippen LogP contribution in [-0.4, -0.2) is 54.0 Å². The van der Waals surface area contributed by atoms with E-state index in [0.717, 1.165) is 0 Å². The van der Waals surface area contributed by atoms with E-state index in [2.05, 4.69) is 0 Å². The molecule has 7 heteroatoms. The zero-order valence-corrected chi connectivity index (χ0v) is 14.6. The largest absolute Gasteiger partial charge is 0.492 e. The van der Waals surface area contributed by atoms with Crippen LogP contribution in [0, 0.1) is 5.92 Å². The number of hydrogen-bond acceptors (Lipinski definition) is 4. The maximum Gasteiger partial charge on any atom is 0.305 e. The van der Waals surface area contributed by atoms with Crippen LogP contribution >= 0.6 is 0 Å². The highest BCUT2D eigenvalue weighted by Crippen LogP contribution is 2.33. The van der Waals surface area contributed by atoms with Crippen molar-refractivity contribution >= 4 is 23.5 Å². The Morgan fingerprint density at radius 3 is 2.68 bits per heavy atom. The number of carbonyl (C=O) groups is 3. The average Bonchev–Trinajstić information content (AvgIpc) is 2.97. The van der Waals surface area contributed by atoms with Crippen molar-refractivity contribution < 1.29 is 24.2 Å². The number of benzene rings is 1. The predicted octanol–water partition coefficient (Wildman–Crippen LogP) is 1.76. The average molecular weight is 348 g/mol. The number of ether oxygens (including phenoxy) is 1. The van der Waals surface area contributed by atoms with Gasteiger partial charge in [-0.2, -0.15) is 0 Å². The van der Waals surface area contributed by atoms with Crippen molar-refractivity contribution in [1.29, 1.82) is 0 Å². The first kappa shape index (κ1) is 18.8. The first-order valence-electron chi connectivity index (χ1n) is 8.50. The van der Waals surface area contributed by atoms with E-state index < -0.39 is 11.9 Å². The fourth-order valence-corrected chi connectivity index (χ4v) is 2.98. The fraction of sp³-hybridized carbons (Fsp3) is 0.500. The summed E-state index contributed by atoms with van der Waals surface area (Å²) < 4.78 is 5.57. The normalized spacial score (nSPS) is 16.8. The standard InChI is InChI=1S/C18H24N2O5/c1-3-19(10-9-17(22)23)18(24)13-11-16(21)20(12-13)14-7-5-6-8-15(14)25-4-2/h5-8,13H,3-4,9-12H2,1-2H3,(H,22,23). The highest BCUT2D eigenvalue weighted by molar-refractivity contribution is 6.01. The van der Waals surface area contributed by atoms with Crippen molar-refractivity contribution in [3.05, 3.63) is 24.3 Å². The van der Waals surface area contributed by atoms with Crippen LogP contribution in [0.3, 0.4) is 0 Å². The second-order valence-electron chi connectivity index (χ2n) is 5.87. The van der Waals surface area contributed by atoms with Crippen molar-refractivity contribution in [3.8, 4) is 5.75 Å². The molecule has 1 aliphatic heterocycles. The lowest BCUT2D eigenvalue weighted by Gasteiger charge is -2.24. The Balaban J connectivity index is 2.11. The van der Waals surface area contributed by atoms with Gasteiger partial charge in [-0.1, -0.05) is 12.1 Å². The summed E-state index contributed by atoms with van der Waals surface area (Å²) in [5.74, 6) is -1.09. The number of nitrogens with zero attached hydrogens (tertiary/aromatic N) is 2. The summed E-state index contributed by atoms with van der Waals surface area (Å²) in [4.78, 5) is 38.9. The molecule has 0 aromatic heterocycles. The molecule has 0 radical (unpaired) electrons. The Morgan fingerprint density at radius 2 is 2.04 bits per heavy atom. The maximum atomic E-state index is 12.6. The summed E-state index contributed by atoms with van der Waals surface area (Å²) in [6.07, 6.45) is 0.0278. The second kappa shape index (κ2) is 8.50. The summed E-state index contributed by atoms with van der Waals surface area (Å²) in [6, 6.07) is 7.26. The van der Waals surface area contributed by atoms with Gasteiger partial charge in [-0.15, -0.1) is 0 Å². The minimum absolute atomic E-state index is 0.100. The topological polar surface area (TPSA) is 87.2 Å². The summed E-state index contributed by atoms with van der Waals surface area (Å²) in [5.41, 5.74) is 0.665. The lowest BCUT2D eigenvalue weighted by molar-refractivity contribution is -0.139. The SMILES string of the molecule is CCOc1ccccc1N1CC(C(=O)N(CC)CCC(=O)O)CC1=O. The lowest BCUT2D eigenvalue weighted by Crippen LogP contribution is -2.38. The molecule has 1 unspecified atom stereocenters. The zero-order chi connectivity index (χ0) is 18.4. The molecule has 0 aliphatic carbocycles. The minimum atomic E-state index is -0.944. The highest BCUT2D eigenvalue weighted by Gasteiger charge is 2.37. The molecule has 136 valence electrons. The van der Waals surface area contributed by atoms with Crippen molar-refractivity contribution in [2.45, 2.75) is 26.7 Å². The van der Waals surface area contributed by atoms with Crippen molar-refractivity contribution in [3.63, 3.8) is 0 Å². The van der Waals surface area contributed by atoms with Gasteiger partial charge in [-0.3, -0.25) is 14.4 Å². The van der Waals surface area contributed by atoms with Gasteiger partial charge in [0.1, 0.15) is 5.75 Å². The lowest BCUT2D eigenvalue weighted by atomic mass is 10.1. The molecule has 1 aromatic rings. The van der Waals surface area contributed by atoms with Crippen LogP contribution in [-0.2, 0) is 14.4 Å². The molecule has 1 saturated heterocycles. The third-order valence-electron chi connectivity index (χ3n) is 4.22. The van der Waals surface area contributed by atoms with Crippen LogP contribution in [0.2, 0.25) is 0 Å². The van der Waals surface area contributed by atoms with Crippen LogP contribution in [0.25, 0.3) is 0 Å². The van der Waals surface area contributed by atoms with Crippen LogP contribution in [0.5, 0.6) is 5.75 Å². The van der Waals surface area contributed by atoms with E-state index in [4.69, 9.17) is 9.84 Å². The van der Waals surface area contributed by atoms with E-state index in [0.29, 0.717) is 24.6 Å². The number of hydrogen-bond donors (Lipinski definition) is 1. The second-order valence-corrected chi connectivity index (χ2v) is 5.87. The molecule has 2 rings (SSSR count). The van der Waals surface area contributed by atoms with Crippen molar-refractivity contribution in [1.82, 2.24) is 4.90 Å². The van der Waals surface area contributed by atoms with E-state index in [1.54, 1.807) is 24.0 Å². The minimum Gasteiger partial charge on any atom is -0.492 e. The smallest absolute Gasteiger partial charge is 0.305 e. The maximum absolute atomic E-state index is 12.6. The third kappa shape index (κ3) is 4.49. The number of carbonyl (C=O) groups excluding carboxylic acids is 2.